The minimum atomic E-state index is -0.594. The highest BCUT2D eigenvalue weighted by Crippen LogP contribution is 2.31. The number of nitrogens with zero attached hydrogens (tertiary/aromatic N) is 1. The van der Waals surface area contributed by atoms with Crippen LogP contribution in [-0.4, -0.2) is 40.8 Å². The molecule has 1 aromatic carbocycles. The molecule has 7 heteroatoms. The molecule has 0 radical (unpaired) electrons. The van der Waals surface area contributed by atoms with Crippen molar-refractivity contribution >= 4 is 17.7 Å². The highest BCUT2D eigenvalue weighted by atomic mass is 16.5. The molecule has 3 N–H and O–H groups in total. The van der Waals surface area contributed by atoms with E-state index in [1.54, 1.807) is 17.0 Å². The van der Waals surface area contributed by atoms with Crippen LogP contribution in [0.15, 0.2) is 18.2 Å². The molecule has 2 fully saturated rings. The molecule has 1 aromatic rings. The number of fused-ring (bicyclic) bond motifs is 1. The Morgan fingerprint density at radius 3 is 2.69 bits per heavy atom. The molecule has 2 heterocycles. The smallest absolute Gasteiger partial charge is 0.255 e. The number of imide groups is 1. The highest BCUT2D eigenvalue weighted by molar-refractivity contribution is 6.05. The molecule has 3 aliphatic rings. The van der Waals surface area contributed by atoms with Crippen LogP contribution in [-0.2, 0) is 16.1 Å². The molecule has 2 aliphatic heterocycles. The van der Waals surface area contributed by atoms with Gasteiger partial charge in [-0.25, -0.2) is 0 Å². The maximum atomic E-state index is 12.7. The number of nitrogens with two attached hydrogens (primary N) is 1. The van der Waals surface area contributed by atoms with Crippen LogP contribution in [0, 0.1) is 0 Å². The predicted molar refractivity (Wildman–Crippen MR) is 93.3 cm³/mol. The quantitative estimate of drug-likeness (QED) is 0.789. The summed E-state index contributed by atoms with van der Waals surface area (Å²) in [5, 5.41) is 2.31. The van der Waals surface area contributed by atoms with Crippen molar-refractivity contribution in [3.8, 4) is 5.75 Å². The molecular weight excluding hydrogens is 334 g/mol. The van der Waals surface area contributed by atoms with E-state index in [0.717, 1.165) is 31.2 Å². The van der Waals surface area contributed by atoms with Gasteiger partial charge in [0.25, 0.3) is 5.91 Å². The second-order valence-electron chi connectivity index (χ2n) is 7.32. The first kappa shape index (κ1) is 17.0. The molecule has 3 amide bonds. The van der Waals surface area contributed by atoms with Crippen molar-refractivity contribution in [2.45, 2.75) is 63.3 Å². The summed E-state index contributed by atoms with van der Waals surface area (Å²) in [5.74, 6) is -0.138. The van der Waals surface area contributed by atoms with Crippen molar-refractivity contribution in [2.75, 3.05) is 0 Å². The summed E-state index contributed by atoms with van der Waals surface area (Å²) >= 11 is 0. The fourth-order valence-electron chi connectivity index (χ4n) is 4.07. The molecule has 1 saturated heterocycles. The van der Waals surface area contributed by atoms with Crippen molar-refractivity contribution in [3.05, 3.63) is 29.3 Å². The Labute approximate surface area is 151 Å². The standard InChI is InChI=1S/C19H23N3O4/c20-14-3-1-2-4-16(14)26-12-5-6-13-11(9-12)10-22(19(13)25)15-7-8-17(23)21-18(15)24/h5-6,9,14-16H,1-4,7-8,10,20H2,(H,21,23,24)/t14-,15?,16+/m0/s1. The zero-order valence-electron chi connectivity index (χ0n) is 14.6. The number of hydrogen-bond donors (Lipinski definition) is 2. The van der Waals surface area contributed by atoms with Crippen LogP contribution >= 0.6 is 0 Å². The number of carbonyl (C=O) groups is 3. The zero-order valence-corrected chi connectivity index (χ0v) is 14.6. The van der Waals surface area contributed by atoms with Crippen molar-refractivity contribution in [1.29, 1.82) is 0 Å². The van der Waals surface area contributed by atoms with Gasteiger partial charge < -0.3 is 15.4 Å². The molecule has 1 aliphatic carbocycles. The number of nitrogens with one attached hydrogen (secondary N) is 1. The monoisotopic (exact) mass is 357 g/mol. The van der Waals surface area contributed by atoms with Crippen LogP contribution in [0.2, 0.25) is 0 Å². The maximum Gasteiger partial charge on any atom is 0.255 e. The summed E-state index contributed by atoms with van der Waals surface area (Å²) in [4.78, 5) is 37.6. The number of amides is 3. The summed E-state index contributed by atoms with van der Waals surface area (Å²) in [7, 11) is 0. The van der Waals surface area contributed by atoms with Crippen LogP contribution in [0.3, 0.4) is 0 Å². The molecule has 7 nitrogen and oxygen atoms in total. The summed E-state index contributed by atoms with van der Waals surface area (Å²) in [6.07, 6.45) is 4.79. The van der Waals surface area contributed by atoms with Crippen molar-refractivity contribution in [1.82, 2.24) is 10.2 Å². The first-order valence-corrected chi connectivity index (χ1v) is 9.23. The van der Waals surface area contributed by atoms with Gasteiger partial charge in [-0.2, -0.15) is 0 Å². The number of piperidine rings is 1. The first-order valence-electron chi connectivity index (χ1n) is 9.23. The third kappa shape index (κ3) is 3.07. The molecule has 3 atom stereocenters. The van der Waals surface area contributed by atoms with E-state index in [1.807, 2.05) is 6.07 Å². The second-order valence-corrected chi connectivity index (χ2v) is 7.32. The van der Waals surface area contributed by atoms with Gasteiger partial charge in [0.05, 0.1) is 0 Å². The van der Waals surface area contributed by atoms with Crippen LogP contribution in [0.4, 0.5) is 0 Å². The normalized spacial score (nSPS) is 28.7. The van der Waals surface area contributed by atoms with E-state index in [-0.39, 0.29) is 30.4 Å². The first-order chi connectivity index (χ1) is 12.5. The van der Waals surface area contributed by atoms with Crippen LogP contribution in [0.25, 0.3) is 0 Å². The van der Waals surface area contributed by atoms with E-state index in [2.05, 4.69) is 5.32 Å². The zero-order chi connectivity index (χ0) is 18.3. The minimum absolute atomic E-state index is 0.00476. The Balaban J connectivity index is 1.49. The fourth-order valence-corrected chi connectivity index (χ4v) is 4.07. The fraction of sp³-hybridized carbons (Fsp3) is 0.526. The number of ether oxygens (including phenoxy) is 1. The van der Waals surface area contributed by atoms with Gasteiger partial charge in [0, 0.05) is 24.6 Å². The van der Waals surface area contributed by atoms with Gasteiger partial charge in [-0.3, -0.25) is 19.7 Å². The van der Waals surface area contributed by atoms with Crippen molar-refractivity contribution in [3.63, 3.8) is 0 Å². The number of hydrogen-bond acceptors (Lipinski definition) is 5. The van der Waals surface area contributed by atoms with Gasteiger partial charge >= 0.3 is 0 Å². The van der Waals surface area contributed by atoms with Crippen LogP contribution in [0.1, 0.15) is 54.4 Å². The maximum absolute atomic E-state index is 12.7. The van der Waals surface area contributed by atoms with Gasteiger partial charge in [0.2, 0.25) is 11.8 Å². The van der Waals surface area contributed by atoms with Gasteiger partial charge in [-0.1, -0.05) is 6.42 Å². The average molecular weight is 357 g/mol. The van der Waals surface area contributed by atoms with Gasteiger partial charge in [0.1, 0.15) is 17.9 Å². The average Bonchev–Trinajstić information content (AvgIpc) is 2.93. The molecule has 4 rings (SSSR count). The molecule has 1 saturated carbocycles. The molecular formula is C19H23N3O4. The van der Waals surface area contributed by atoms with Gasteiger partial charge in [-0.05, 0) is 49.4 Å². The lowest BCUT2D eigenvalue weighted by Crippen LogP contribution is -2.52. The number of benzene rings is 1. The summed E-state index contributed by atoms with van der Waals surface area (Å²) in [5.41, 5.74) is 7.59. The third-order valence-electron chi connectivity index (χ3n) is 5.54. The molecule has 138 valence electrons. The lowest BCUT2D eigenvalue weighted by atomic mass is 9.93. The summed E-state index contributed by atoms with van der Waals surface area (Å²) in [6.45, 7) is 0.356. The predicted octanol–water partition coefficient (Wildman–Crippen LogP) is 1.10. The molecule has 0 aromatic heterocycles. The second kappa shape index (κ2) is 6.72. The molecule has 26 heavy (non-hydrogen) atoms. The Morgan fingerprint density at radius 2 is 1.92 bits per heavy atom. The topological polar surface area (TPSA) is 102 Å². The highest BCUT2D eigenvalue weighted by Gasteiger charge is 2.39. The van der Waals surface area contributed by atoms with Crippen LogP contribution < -0.4 is 15.8 Å². The Hall–Kier alpha value is -2.41. The van der Waals surface area contributed by atoms with E-state index < -0.39 is 11.9 Å². The molecule has 1 unspecified atom stereocenters. The van der Waals surface area contributed by atoms with E-state index >= 15 is 0 Å². The lowest BCUT2D eigenvalue weighted by Gasteiger charge is -2.29. The van der Waals surface area contributed by atoms with Crippen LogP contribution in [0.5, 0.6) is 5.75 Å². The van der Waals surface area contributed by atoms with Crippen molar-refractivity contribution < 1.29 is 19.1 Å². The van der Waals surface area contributed by atoms with Gasteiger partial charge in [0.15, 0.2) is 0 Å². The van der Waals surface area contributed by atoms with E-state index in [9.17, 15) is 14.4 Å². The Morgan fingerprint density at radius 1 is 1.12 bits per heavy atom. The molecule has 0 bridgehead atoms. The molecule has 0 spiro atoms. The largest absolute Gasteiger partial charge is 0.489 e. The van der Waals surface area contributed by atoms with E-state index in [4.69, 9.17) is 10.5 Å². The third-order valence-corrected chi connectivity index (χ3v) is 5.54. The van der Waals surface area contributed by atoms with E-state index in [1.165, 1.54) is 0 Å². The Kier molecular flexibility index (Phi) is 4.40. The summed E-state index contributed by atoms with van der Waals surface area (Å²) < 4.78 is 6.07. The lowest BCUT2D eigenvalue weighted by molar-refractivity contribution is -0.136. The SMILES string of the molecule is N[C@H]1CCCC[C@H]1Oc1ccc2c(c1)CN(C1CCC(=O)NC1=O)C2=O. The Bertz CT molecular complexity index is 763. The number of rotatable bonds is 3. The summed E-state index contributed by atoms with van der Waals surface area (Å²) in [6, 6.07) is 4.88. The van der Waals surface area contributed by atoms with Gasteiger partial charge in [-0.15, -0.1) is 0 Å². The number of carbonyl (C=O) groups excluding carboxylic acids is 3. The minimum Gasteiger partial charge on any atom is -0.489 e. The van der Waals surface area contributed by atoms with E-state index in [0.29, 0.717) is 24.3 Å². The van der Waals surface area contributed by atoms with Crippen molar-refractivity contribution in [2.24, 2.45) is 5.73 Å².